The Hall–Kier alpha value is -3.14. The highest BCUT2D eigenvalue weighted by Crippen LogP contribution is 2.48. The zero-order valence-corrected chi connectivity index (χ0v) is 19.2. The summed E-state index contributed by atoms with van der Waals surface area (Å²) in [6.45, 7) is 1.78. The number of ether oxygens (including phenoxy) is 3. The van der Waals surface area contributed by atoms with Crippen LogP contribution in [0.2, 0.25) is 0 Å². The monoisotopic (exact) mass is 469 g/mol. The summed E-state index contributed by atoms with van der Waals surface area (Å²) in [6.07, 6.45) is -0.633. The predicted octanol–water partition coefficient (Wildman–Crippen LogP) is 2.18. The number of carbonyl (C=O) groups is 2. The summed E-state index contributed by atoms with van der Waals surface area (Å²) >= 11 is 0. The highest BCUT2D eigenvalue weighted by atomic mass is 16.5. The van der Waals surface area contributed by atoms with E-state index in [0.29, 0.717) is 37.7 Å². The first kappa shape index (κ1) is 24.0. The molecule has 182 valence electrons. The van der Waals surface area contributed by atoms with Gasteiger partial charge >= 0.3 is 6.09 Å². The third kappa shape index (κ3) is 4.86. The molecule has 2 heterocycles. The van der Waals surface area contributed by atoms with Crippen molar-refractivity contribution >= 4 is 12.0 Å². The molecule has 1 saturated heterocycles. The van der Waals surface area contributed by atoms with Crippen molar-refractivity contribution in [1.29, 1.82) is 0 Å². The first-order valence-corrected chi connectivity index (χ1v) is 11.4. The van der Waals surface area contributed by atoms with Gasteiger partial charge < -0.3 is 35.3 Å². The Morgan fingerprint density at radius 2 is 1.76 bits per heavy atom. The van der Waals surface area contributed by atoms with Gasteiger partial charge in [-0.05, 0) is 18.6 Å². The first-order valence-electron chi connectivity index (χ1n) is 11.4. The van der Waals surface area contributed by atoms with Crippen LogP contribution < -0.4 is 15.8 Å². The molecule has 2 atom stereocenters. The molecule has 0 aromatic heterocycles. The Morgan fingerprint density at radius 3 is 2.38 bits per heavy atom. The quantitative estimate of drug-likeness (QED) is 0.507. The zero-order chi connectivity index (χ0) is 24.1. The number of carbonyl (C=O) groups excluding carboxylic acids is 1. The first-order chi connectivity index (χ1) is 16.4. The van der Waals surface area contributed by atoms with Gasteiger partial charge in [0.25, 0.3) is 0 Å². The molecule has 2 aliphatic rings. The van der Waals surface area contributed by atoms with E-state index < -0.39 is 17.4 Å². The number of amides is 2. The van der Waals surface area contributed by atoms with Gasteiger partial charge in [0.15, 0.2) is 0 Å². The number of para-hydroxylation sites is 2. The molecule has 2 aromatic carbocycles. The lowest BCUT2D eigenvalue weighted by Crippen LogP contribution is -2.54. The molecule has 9 heteroatoms. The molecule has 1 fully saturated rings. The van der Waals surface area contributed by atoms with Crippen LogP contribution in [0.5, 0.6) is 11.5 Å². The molecular formula is C25H31N3O6. The summed E-state index contributed by atoms with van der Waals surface area (Å²) in [5.41, 5.74) is 7.18. The van der Waals surface area contributed by atoms with Gasteiger partial charge in [0.2, 0.25) is 5.91 Å². The van der Waals surface area contributed by atoms with Crippen LogP contribution in [0.3, 0.4) is 0 Å². The Balaban J connectivity index is 1.62. The molecule has 0 spiro atoms. The van der Waals surface area contributed by atoms with Crippen molar-refractivity contribution in [2.45, 2.75) is 17.9 Å². The average molecular weight is 470 g/mol. The number of piperidine rings is 1. The Kier molecular flexibility index (Phi) is 7.35. The number of hydrogen-bond donors (Lipinski definition) is 3. The molecule has 2 amide bonds. The third-order valence-corrected chi connectivity index (χ3v) is 6.49. The summed E-state index contributed by atoms with van der Waals surface area (Å²) in [4.78, 5) is 25.9. The minimum Gasteiger partial charge on any atom is -0.465 e. The van der Waals surface area contributed by atoms with Crippen molar-refractivity contribution in [3.8, 4) is 11.5 Å². The lowest BCUT2D eigenvalue weighted by Gasteiger charge is -2.41. The Bertz CT molecular complexity index is 984. The van der Waals surface area contributed by atoms with Crippen LogP contribution in [0.15, 0.2) is 48.5 Å². The third-order valence-electron chi connectivity index (χ3n) is 6.49. The maximum atomic E-state index is 13.2. The normalized spacial score (nSPS) is 20.6. The van der Waals surface area contributed by atoms with E-state index in [2.05, 4.69) is 5.32 Å². The number of hydrogen-bond acceptors (Lipinski definition) is 6. The number of benzene rings is 2. The molecule has 34 heavy (non-hydrogen) atoms. The predicted molar refractivity (Wildman–Crippen MR) is 125 cm³/mol. The second-order valence-corrected chi connectivity index (χ2v) is 8.82. The second kappa shape index (κ2) is 10.4. The summed E-state index contributed by atoms with van der Waals surface area (Å²) in [7, 11) is 1.62. The second-order valence-electron chi connectivity index (χ2n) is 8.82. The fourth-order valence-corrected chi connectivity index (χ4v) is 4.82. The van der Waals surface area contributed by atoms with Gasteiger partial charge in [-0.25, -0.2) is 4.79 Å². The Labute approximate surface area is 198 Å². The van der Waals surface area contributed by atoms with E-state index in [1.807, 2.05) is 48.5 Å². The molecular weight excluding hydrogens is 438 g/mol. The van der Waals surface area contributed by atoms with E-state index in [-0.39, 0.29) is 31.6 Å². The van der Waals surface area contributed by atoms with Crippen molar-refractivity contribution in [2.75, 3.05) is 46.6 Å². The molecule has 0 unspecified atom stereocenters. The minimum absolute atomic E-state index is 0.127. The van der Waals surface area contributed by atoms with Gasteiger partial charge in [-0.2, -0.15) is 0 Å². The minimum atomic E-state index is -1.07. The standard InChI is InChI=1S/C25H31N3O6/c1-32-10-11-33-16-25(15-27-23(29)17-12-18(26)14-28(13-17)24(30)31)19-6-2-4-8-21(19)34-22-9-5-3-7-20(22)25/h2-9,17-18H,10-16,26H2,1H3,(H,27,29)(H,30,31)/t17-,18+/m0/s1. The highest BCUT2D eigenvalue weighted by molar-refractivity contribution is 5.80. The maximum Gasteiger partial charge on any atom is 0.407 e. The summed E-state index contributed by atoms with van der Waals surface area (Å²) in [5, 5.41) is 12.5. The van der Waals surface area contributed by atoms with E-state index in [0.717, 1.165) is 11.1 Å². The van der Waals surface area contributed by atoms with Crippen LogP contribution in [-0.4, -0.2) is 74.6 Å². The molecule has 9 nitrogen and oxygen atoms in total. The molecule has 2 aromatic rings. The highest BCUT2D eigenvalue weighted by Gasteiger charge is 2.43. The van der Waals surface area contributed by atoms with E-state index in [1.54, 1.807) is 7.11 Å². The van der Waals surface area contributed by atoms with Crippen LogP contribution in [0.25, 0.3) is 0 Å². The summed E-state index contributed by atoms with van der Waals surface area (Å²) in [6, 6.07) is 15.1. The van der Waals surface area contributed by atoms with E-state index in [1.165, 1.54) is 4.90 Å². The van der Waals surface area contributed by atoms with Crippen LogP contribution >= 0.6 is 0 Å². The molecule has 2 aliphatic heterocycles. The number of carboxylic acid groups (broad SMARTS) is 1. The number of rotatable bonds is 8. The lowest BCUT2D eigenvalue weighted by atomic mass is 9.72. The van der Waals surface area contributed by atoms with Gasteiger partial charge in [0, 0.05) is 43.9 Å². The van der Waals surface area contributed by atoms with Crippen molar-refractivity contribution in [1.82, 2.24) is 10.2 Å². The van der Waals surface area contributed by atoms with E-state index in [4.69, 9.17) is 19.9 Å². The topological polar surface area (TPSA) is 123 Å². The number of methoxy groups -OCH3 is 1. The van der Waals surface area contributed by atoms with Gasteiger partial charge in [-0.1, -0.05) is 36.4 Å². The van der Waals surface area contributed by atoms with Gasteiger partial charge in [-0.3, -0.25) is 4.79 Å². The molecule has 0 bridgehead atoms. The molecule has 4 N–H and O–H groups in total. The van der Waals surface area contributed by atoms with Gasteiger partial charge in [0.05, 0.1) is 31.2 Å². The number of nitrogens with zero attached hydrogens (tertiary/aromatic N) is 1. The van der Waals surface area contributed by atoms with Crippen LogP contribution in [0.1, 0.15) is 17.5 Å². The van der Waals surface area contributed by atoms with Gasteiger partial charge in [0.1, 0.15) is 11.5 Å². The fourth-order valence-electron chi connectivity index (χ4n) is 4.82. The van der Waals surface area contributed by atoms with Crippen molar-refractivity contribution in [3.63, 3.8) is 0 Å². The van der Waals surface area contributed by atoms with Crippen LogP contribution in [0, 0.1) is 5.92 Å². The summed E-state index contributed by atoms with van der Waals surface area (Å²) < 4.78 is 17.3. The van der Waals surface area contributed by atoms with Crippen molar-refractivity contribution in [2.24, 2.45) is 11.7 Å². The van der Waals surface area contributed by atoms with Crippen molar-refractivity contribution < 1.29 is 28.9 Å². The largest absolute Gasteiger partial charge is 0.465 e. The molecule has 0 radical (unpaired) electrons. The van der Waals surface area contributed by atoms with E-state index in [9.17, 15) is 14.7 Å². The molecule has 0 aliphatic carbocycles. The molecule has 4 rings (SSSR count). The average Bonchev–Trinajstić information content (AvgIpc) is 2.84. The Morgan fingerprint density at radius 1 is 1.12 bits per heavy atom. The zero-order valence-electron chi connectivity index (χ0n) is 19.2. The fraction of sp³-hybridized carbons (Fsp3) is 0.440. The van der Waals surface area contributed by atoms with Crippen LogP contribution in [-0.2, 0) is 19.7 Å². The molecule has 0 saturated carbocycles. The number of fused-ring (bicyclic) bond motifs is 2. The smallest absolute Gasteiger partial charge is 0.407 e. The lowest BCUT2D eigenvalue weighted by molar-refractivity contribution is -0.127. The van der Waals surface area contributed by atoms with Crippen molar-refractivity contribution in [3.05, 3.63) is 59.7 Å². The maximum absolute atomic E-state index is 13.2. The van der Waals surface area contributed by atoms with Gasteiger partial charge in [-0.15, -0.1) is 0 Å². The number of nitrogens with two attached hydrogens (primary N) is 1. The summed E-state index contributed by atoms with van der Waals surface area (Å²) in [5.74, 6) is 0.681. The van der Waals surface area contributed by atoms with E-state index >= 15 is 0 Å². The number of nitrogens with one attached hydrogen (secondary N) is 1. The van der Waals surface area contributed by atoms with Crippen LogP contribution in [0.4, 0.5) is 4.79 Å². The SMILES string of the molecule is COCCOCC1(CNC(=O)[C@H]2C[C@@H](N)CN(C(=O)O)C2)c2ccccc2Oc2ccccc21. The number of likely N-dealkylation sites (tertiary alicyclic amines) is 1.